The minimum atomic E-state index is -0.699. The molecule has 0 radical (unpaired) electrons. The van der Waals surface area contributed by atoms with Crippen molar-refractivity contribution in [2.45, 2.75) is 6.54 Å². The molecule has 0 saturated carbocycles. The summed E-state index contributed by atoms with van der Waals surface area (Å²) in [5, 5.41) is 0.101. The number of benzene rings is 3. The number of thioether (sulfide) groups is 1. The zero-order valence-electron chi connectivity index (χ0n) is 19.2. The molecule has 0 N–H and O–H groups in total. The van der Waals surface area contributed by atoms with Gasteiger partial charge in [-0.2, -0.15) is 0 Å². The molecule has 3 aromatic carbocycles. The number of rotatable bonds is 6. The summed E-state index contributed by atoms with van der Waals surface area (Å²) >= 11 is 13.2. The first-order chi connectivity index (χ1) is 17.9. The van der Waals surface area contributed by atoms with Crippen molar-refractivity contribution in [3.63, 3.8) is 0 Å². The number of methoxy groups -OCH3 is 1. The van der Waals surface area contributed by atoms with E-state index < -0.39 is 17.1 Å². The normalized spacial score (nSPS) is 15.4. The number of carbonyl (C=O) groups is 3. The maximum Gasteiger partial charge on any atom is 0.345 e. The summed E-state index contributed by atoms with van der Waals surface area (Å²) in [5.41, 5.74) is 1.07. The molecule has 0 spiro atoms. The van der Waals surface area contributed by atoms with Gasteiger partial charge in [0.25, 0.3) is 11.1 Å². The van der Waals surface area contributed by atoms with E-state index in [1.165, 1.54) is 19.3 Å². The lowest BCUT2D eigenvalue weighted by Gasteiger charge is -2.14. The van der Waals surface area contributed by atoms with E-state index in [4.69, 9.17) is 42.1 Å². The molecule has 2 aliphatic heterocycles. The smallest absolute Gasteiger partial charge is 0.345 e. The second-order valence-electron chi connectivity index (χ2n) is 7.81. The number of carbonyl (C=O) groups excluding carboxylic acids is 3. The first kappa shape index (κ1) is 25.0. The third-order valence-corrected chi connectivity index (χ3v) is 7.14. The van der Waals surface area contributed by atoms with Crippen LogP contribution in [0.2, 0.25) is 10.0 Å². The van der Waals surface area contributed by atoms with Gasteiger partial charge < -0.3 is 18.9 Å². The van der Waals surface area contributed by atoms with Crippen LogP contribution in [0.4, 0.5) is 4.79 Å². The van der Waals surface area contributed by atoms with Crippen molar-refractivity contribution >= 4 is 58.2 Å². The van der Waals surface area contributed by atoms with Crippen LogP contribution in [0.5, 0.6) is 23.0 Å². The second kappa shape index (κ2) is 10.4. The largest absolute Gasteiger partial charge is 0.493 e. The lowest BCUT2D eigenvalue weighted by atomic mass is 10.1. The fraction of sp³-hybridized carbons (Fsp3) is 0.115. The minimum absolute atomic E-state index is 0.0516. The van der Waals surface area contributed by atoms with Crippen LogP contribution in [-0.4, -0.2) is 35.9 Å². The highest BCUT2D eigenvalue weighted by atomic mass is 35.5. The van der Waals surface area contributed by atoms with Crippen LogP contribution in [0.15, 0.2) is 59.5 Å². The number of hydrogen-bond acceptors (Lipinski definition) is 8. The van der Waals surface area contributed by atoms with Crippen molar-refractivity contribution in [2.24, 2.45) is 0 Å². The lowest BCUT2D eigenvalue weighted by Crippen LogP contribution is -2.27. The molecule has 0 bridgehead atoms. The number of amides is 2. The van der Waals surface area contributed by atoms with Gasteiger partial charge in [-0.15, -0.1) is 0 Å². The van der Waals surface area contributed by atoms with Crippen LogP contribution in [0.3, 0.4) is 0 Å². The Labute approximate surface area is 225 Å². The summed E-state index contributed by atoms with van der Waals surface area (Å²) in [7, 11) is 1.43. The molecule has 37 heavy (non-hydrogen) atoms. The summed E-state index contributed by atoms with van der Waals surface area (Å²) < 4.78 is 21.7. The monoisotopic (exact) mass is 557 g/mol. The minimum Gasteiger partial charge on any atom is -0.493 e. The van der Waals surface area contributed by atoms with Crippen molar-refractivity contribution in [3.8, 4) is 23.0 Å². The molecule has 11 heteroatoms. The van der Waals surface area contributed by atoms with E-state index >= 15 is 0 Å². The number of esters is 1. The molecule has 0 aliphatic carbocycles. The highest BCUT2D eigenvalue weighted by Gasteiger charge is 2.36. The highest BCUT2D eigenvalue weighted by Crippen LogP contribution is 2.41. The Hall–Kier alpha value is -3.66. The van der Waals surface area contributed by atoms with E-state index in [1.54, 1.807) is 48.5 Å². The summed E-state index contributed by atoms with van der Waals surface area (Å²) in [4.78, 5) is 40.0. The Bertz CT molecular complexity index is 1470. The molecule has 0 unspecified atom stereocenters. The Balaban J connectivity index is 1.43. The first-order valence-electron chi connectivity index (χ1n) is 10.8. The number of ether oxygens (including phenoxy) is 4. The predicted octanol–water partition coefficient (Wildman–Crippen LogP) is 6.19. The number of para-hydroxylation sites is 1. The quantitative estimate of drug-likeness (QED) is 0.201. The Kier molecular flexibility index (Phi) is 7.01. The van der Waals surface area contributed by atoms with E-state index in [-0.39, 0.29) is 40.3 Å². The summed E-state index contributed by atoms with van der Waals surface area (Å²) in [5.74, 6) is 0.120. The molecular formula is C26H17Cl2NO7S. The summed E-state index contributed by atoms with van der Waals surface area (Å²) in [6.07, 6.45) is 1.48. The molecule has 0 aromatic heterocycles. The number of hydrogen-bond donors (Lipinski definition) is 0. The van der Waals surface area contributed by atoms with Gasteiger partial charge in [-0.1, -0.05) is 47.5 Å². The van der Waals surface area contributed by atoms with Crippen molar-refractivity contribution < 1.29 is 33.3 Å². The average molecular weight is 558 g/mol. The predicted molar refractivity (Wildman–Crippen MR) is 138 cm³/mol. The molecule has 0 atom stereocenters. The molecular weight excluding hydrogens is 541 g/mol. The maximum absolute atomic E-state index is 13.2. The third-order valence-electron chi connectivity index (χ3n) is 5.55. The number of fused-ring (bicyclic) bond motifs is 1. The van der Waals surface area contributed by atoms with Crippen LogP contribution in [0.25, 0.3) is 6.08 Å². The van der Waals surface area contributed by atoms with Crippen LogP contribution in [-0.2, 0) is 11.3 Å². The molecule has 1 saturated heterocycles. The van der Waals surface area contributed by atoms with Crippen molar-refractivity contribution in [1.29, 1.82) is 0 Å². The van der Waals surface area contributed by atoms with Gasteiger partial charge in [-0.05, 0) is 47.7 Å². The van der Waals surface area contributed by atoms with Crippen LogP contribution in [0.1, 0.15) is 21.5 Å². The van der Waals surface area contributed by atoms with E-state index in [2.05, 4.69) is 0 Å². The standard InChI is InChI=1S/C26H17Cl2NO7S/c1-33-19-8-4-5-14(23(19)36-25(31)16-6-2-3-7-17(16)27)10-22-24(30)29(26(32)37-22)12-15-9-20-21(11-18(15)28)35-13-34-20/h2-11H,12-13H2,1H3/b22-10-. The second-order valence-corrected chi connectivity index (χ2v) is 9.62. The molecule has 3 aromatic rings. The van der Waals surface area contributed by atoms with Gasteiger partial charge in [0.15, 0.2) is 23.0 Å². The molecule has 1 fully saturated rings. The van der Waals surface area contributed by atoms with E-state index in [9.17, 15) is 14.4 Å². The van der Waals surface area contributed by atoms with Crippen molar-refractivity contribution in [2.75, 3.05) is 13.9 Å². The Morgan fingerprint density at radius 2 is 1.81 bits per heavy atom. The average Bonchev–Trinajstić information content (AvgIpc) is 3.44. The van der Waals surface area contributed by atoms with Crippen LogP contribution < -0.4 is 18.9 Å². The third kappa shape index (κ3) is 4.98. The number of nitrogens with zero attached hydrogens (tertiary/aromatic N) is 1. The van der Waals surface area contributed by atoms with E-state index in [0.29, 0.717) is 27.6 Å². The number of halogens is 2. The maximum atomic E-state index is 13.2. The van der Waals surface area contributed by atoms with Gasteiger partial charge in [0.05, 0.1) is 29.1 Å². The van der Waals surface area contributed by atoms with Gasteiger partial charge in [0.1, 0.15) is 0 Å². The first-order valence-corrected chi connectivity index (χ1v) is 12.4. The van der Waals surface area contributed by atoms with Gasteiger partial charge in [-0.25, -0.2) is 4.79 Å². The lowest BCUT2D eigenvalue weighted by molar-refractivity contribution is -0.123. The van der Waals surface area contributed by atoms with Gasteiger partial charge in [0.2, 0.25) is 6.79 Å². The zero-order valence-corrected chi connectivity index (χ0v) is 21.5. The van der Waals surface area contributed by atoms with Crippen LogP contribution in [0, 0.1) is 0 Å². The molecule has 188 valence electrons. The van der Waals surface area contributed by atoms with Gasteiger partial charge >= 0.3 is 5.97 Å². The fourth-order valence-corrected chi connectivity index (χ4v) is 4.97. The molecule has 2 amide bonds. The highest BCUT2D eigenvalue weighted by molar-refractivity contribution is 8.18. The summed E-state index contributed by atoms with van der Waals surface area (Å²) in [6.45, 7) is 0.0211. The van der Waals surface area contributed by atoms with Crippen molar-refractivity contribution in [1.82, 2.24) is 4.90 Å². The topological polar surface area (TPSA) is 91.4 Å². The van der Waals surface area contributed by atoms with Crippen LogP contribution >= 0.6 is 35.0 Å². The molecule has 8 nitrogen and oxygen atoms in total. The van der Waals surface area contributed by atoms with Gasteiger partial charge in [-0.3, -0.25) is 14.5 Å². The zero-order chi connectivity index (χ0) is 26.1. The fourth-order valence-electron chi connectivity index (χ4n) is 3.72. The Morgan fingerprint density at radius 1 is 1.05 bits per heavy atom. The Morgan fingerprint density at radius 3 is 2.57 bits per heavy atom. The number of imide groups is 1. The molecule has 2 aliphatic rings. The van der Waals surface area contributed by atoms with Crippen molar-refractivity contribution in [3.05, 3.63) is 86.2 Å². The molecule has 2 heterocycles. The SMILES string of the molecule is COc1cccc(/C=C2\SC(=O)N(Cc3cc4c(cc3Cl)OCO4)C2=O)c1OC(=O)c1ccccc1Cl. The molecule has 5 rings (SSSR count). The van der Waals surface area contributed by atoms with E-state index in [0.717, 1.165) is 16.7 Å². The van der Waals surface area contributed by atoms with Gasteiger partial charge in [0, 0.05) is 16.7 Å². The van der Waals surface area contributed by atoms with E-state index in [1.807, 2.05) is 0 Å². The summed E-state index contributed by atoms with van der Waals surface area (Å²) in [6, 6.07) is 14.6.